The van der Waals surface area contributed by atoms with Crippen LogP contribution >= 0.6 is 11.3 Å². The topological polar surface area (TPSA) is 29.1 Å². The molecule has 1 aliphatic heterocycles. The van der Waals surface area contributed by atoms with Crippen LogP contribution in [0.3, 0.4) is 0 Å². The maximum atomic E-state index is 10.5. The number of hydrogen-bond acceptors (Lipinski definition) is 3. The zero-order chi connectivity index (χ0) is 8.39. The van der Waals surface area contributed by atoms with Crippen LogP contribution in [0.5, 0.6) is 0 Å². The molecule has 1 aromatic heterocycles. The SMILES string of the molecule is O=Cc1cc2c(s1)CCCNC2. The molecule has 0 saturated heterocycles. The second-order valence-corrected chi connectivity index (χ2v) is 4.16. The van der Waals surface area contributed by atoms with E-state index in [1.54, 1.807) is 11.3 Å². The molecule has 2 heterocycles. The second kappa shape index (κ2) is 3.37. The molecular formula is C9H11NOS. The summed E-state index contributed by atoms with van der Waals surface area (Å²) in [6.07, 6.45) is 3.26. The first kappa shape index (κ1) is 7.95. The van der Waals surface area contributed by atoms with Crippen LogP contribution in [0.15, 0.2) is 6.07 Å². The van der Waals surface area contributed by atoms with Crippen LogP contribution in [0, 0.1) is 0 Å². The summed E-state index contributed by atoms with van der Waals surface area (Å²) in [5, 5.41) is 3.33. The predicted molar refractivity (Wildman–Crippen MR) is 49.7 cm³/mol. The number of carbonyl (C=O) groups is 1. The normalized spacial score (nSPS) is 16.7. The summed E-state index contributed by atoms with van der Waals surface area (Å²) in [5.41, 5.74) is 1.32. The monoisotopic (exact) mass is 181 g/mol. The van der Waals surface area contributed by atoms with Crippen molar-refractivity contribution in [3.63, 3.8) is 0 Å². The minimum Gasteiger partial charge on any atom is -0.313 e. The Labute approximate surface area is 75.6 Å². The van der Waals surface area contributed by atoms with E-state index >= 15 is 0 Å². The van der Waals surface area contributed by atoms with E-state index < -0.39 is 0 Å². The molecule has 12 heavy (non-hydrogen) atoms. The summed E-state index contributed by atoms with van der Waals surface area (Å²) in [7, 11) is 0. The molecule has 0 bridgehead atoms. The maximum Gasteiger partial charge on any atom is 0.160 e. The number of aryl methyl sites for hydroxylation is 1. The Bertz CT molecular complexity index is 269. The third kappa shape index (κ3) is 1.42. The number of hydrogen-bond donors (Lipinski definition) is 1. The van der Waals surface area contributed by atoms with Crippen LogP contribution < -0.4 is 5.32 Å². The molecule has 0 spiro atoms. The minimum atomic E-state index is 0.865. The van der Waals surface area contributed by atoms with Gasteiger partial charge in [-0.25, -0.2) is 0 Å². The van der Waals surface area contributed by atoms with Gasteiger partial charge < -0.3 is 5.32 Å². The molecule has 0 atom stereocenters. The highest BCUT2D eigenvalue weighted by Crippen LogP contribution is 2.24. The Morgan fingerprint density at radius 2 is 2.50 bits per heavy atom. The predicted octanol–water partition coefficient (Wildman–Crippen LogP) is 1.60. The Balaban J connectivity index is 2.32. The molecule has 1 aliphatic rings. The van der Waals surface area contributed by atoms with Crippen LogP contribution in [-0.4, -0.2) is 12.8 Å². The molecule has 1 N–H and O–H groups in total. The zero-order valence-electron chi connectivity index (χ0n) is 6.80. The molecule has 0 amide bonds. The second-order valence-electron chi connectivity index (χ2n) is 3.00. The summed E-state index contributed by atoms with van der Waals surface area (Å²) >= 11 is 1.64. The van der Waals surface area contributed by atoms with Gasteiger partial charge in [-0.3, -0.25) is 4.79 Å². The Morgan fingerprint density at radius 3 is 3.33 bits per heavy atom. The molecule has 0 fully saturated rings. The van der Waals surface area contributed by atoms with E-state index in [1.807, 2.05) is 6.07 Å². The van der Waals surface area contributed by atoms with Crippen molar-refractivity contribution in [3.8, 4) is 0 Å². The van der Waals surface area contributed by atoms with Gasteiger partial charge in [0.15, 0.2) is 6.29 Å². The van der Waals surface area contributed by atoms with Gasteiger partial charge >= 0.3 is 0 Å². The van der Waals surface area contributed by atoms with Crippen molar-refractivity contribution in [2.75, 3.05) is 6.54 Å². The highest BCUT2D eigenvalue weighted by molar-refractivity contribution is 7.13. The molecule has 1 aromatic rings. The summed E-state index contributed by atoms with van der Waals surface area (Å²) < 4.78 is 0. The van der Waals surface area contributed by atoms with Gasteiger partial charge in [-0.1, -0.05) is 0 Å². The van der Waals surface area contributed by atoms with Crippen LogP contribution in [0.25, 0.3) is 0 Å². The zero-order valence-corrected chi connectivity index (χ0v) is 7.62. The first-order valence-corrected chi connectivity index (χ1v) is 4.99. The molecule has 0 aliphatic carbocycles. The van der Waals surface area contributed by atoms with Gasteiger partial charge in [0.25, 0.3) is 0 Å². The van der Waals surface area contributed by atoms with Gasteiger partial charge in [-0.05, 0) is 31.0 Å². The molecular weight excluding hydrogens is 170 g/mol. The van der Waals surface area contributed by atoms with E-state index in [0.29, 0.717) is 0 Å². The first-order chi connectivity index (χ1) is 5.90. The number of carbonyl (C=O) groups excluding carboxylic acids is 1. The van der Waals surface area contributed by atoms with Gasteiger partial charge in [0.05, 0.1) is 4.88 Å². The Hall–Kier alpha value is -0.670. The average molecular weight is 181 g/mol. The van der Waals surface area contributed by atoms with Gasteiger partial charge in [0, 0.05) is 11.4 Å². The molecule has 3 heteroatoms. The third-order valence-corrected chi connectivity index (χ3v) is 3.27. The highest BCUT2D eigenvalue weighted by Gasteiger charge is 2.10. The van der Waals surface area contributed by atoms with Gasteiger partial charge in [-0.2, -0.15) is 0 Å². The summed E-state index contributed by atoms with van der Waals surface area (Å²) in [6.45, 7) is 2.03. The number of rotatable bonds is 1. The fourth-order valence-electron chi connectivity index (χ4n) is 1.51. The number of aldehydes is 1. The fourth-order valence-corrected chi connectivity index (χ4v) is 2.55. The molecule has 2 nitrogen and oxygen atoms in total. The van der Waals surface area contributed by atoms with Crippen molar-refractivity contribution in [3.05, 3.63) is 21.4 Å². The van der Waals surface area contributed by atoms with Crippen LogP contribution in [0.2, 0.25) is 0 Å². The fraction of sp³-hybridized carbons (Fsp3) is 0.444. The number of nitrogens with one attached hydrogen (secondary N) is 1. The van der Waals surface area contributed by atoms with Gasteiger partial charge in [0.1, 0.15) is 0 Å². The summed E-state index contributed by atoms with van der Waals surface area (Å²) in [6, 6.07) is 2.01. The van der Waals surface area contributed by atoms with Crippen molar-refractivity contribution in [1.82, 2.24) is 5.32 Å². The Kier molecular flexibility index (Phi) is 2.23. The lowest BCUT2D eigenvalue weighted by Crippen LogP contribution is -2.11. The molecule has 2 rings (SSSR count). The molecule has 0 saturated carbocycles. The number of fused-ring (bicyclic) bond motifs is 1. The van der Waals surface area contributed by atoms with E-state index in [1.165, 1.54) is 16.9 Å². The lowest BCUT2D eigenvalue weighted by atomic mass is 10.2. The molecule has 0 aromatic carbocycles. The lowest BCUT2D eigenvalue weighted by Gasteiger charge is -1.95. The van der Waals surface area contributed by atoms with E-state index in [4.69, 9.17) is 0 Å². The third-order valence-electron chi connectivity index (χ3n) is 2.10. The van der Waals surface area contributed by atoms with Crippen molar-refractivity contribution < 1.29 is 4.79 Å². The largest absolute Gasteiger partial charge is 0.313 e. The quantitative estimate of drug-likeness (QED) is 0.667. The minimum absolute atomic E-state index is 0.865. The maximum absolute atomic E-state index is 10.5. The Morgan fingerprint density at radius 1 is 1.58 bits per heavy atom. The summed E-state index contributed by atoms with van der Waals surface area (Å²) in [5.74, 6) is 0. The molecule has 0 radical (unpaired) electrons. The van der Waals surface area contributed by atoms with E-state index in [0.717, 1.165) is 30.7 Å². The average Bonchev–Trinajstić information content (AvgIpc) is 2.37. The molecule has 64 valence electrons. The van der Waals surface area contributed by atoms with Crippen molar-refractivity contribution in [2.24, 2.45) is 0 Å². The lowest BCUT2D eigenvalue weighted by molar-refractivity contribution is 0.112. The van der Waals surface area contributed by atoms with Crippen molar-refractivity contribution in [2.45, 2.75) is 19.4 Å². The van der Waals surface area contributed by atoms with Gasteiger partial charge in [-0.15, -0.1) is 11.3 Å². The standard InChI is InChI=1S/C9H11NOS/c11-6-8-4-7-5-10-3-1-2-9(7)12-8/h4,6,10H,1-3,5H2. The van der Waals surface area contributed by atoms with E-state index in [-0.39, 0.29) is 0 Å². The van der Waals surface area contributed by atoms with Crippen molar-refractivity contribution >= 4 is 17.6 Å². The van der Waals surface area contributed by atoms with Gasteiger partial charge in [0.2, 0.25) is 0 Å². The smallest absolute Gasteiger partial charge is 0.160 e. The van der Waals surface area contributed by atoms with E-state index in [9.17, 15) is 4.79 Å². The van der Waals surface area contributed by atoms with Crippen molar-refractivity contribution in [1.29, 1.82) is 0 Å². The molecule has 0 unspecified atom stereocenters. The van der Waals surface area contributed by atoms with Crippen LogP contribution in [-0.2, 0) is 13.0 Å². The van der Waals surface area contributed by atoms with Crippen LogP contribution in [0.4, 0.5) is 0 Å². The van der Waals surface area contributed by atoms with Crippen LogP contribution in [0.1, 0.15) is 26.5 Å². The summed E-state index contributed by atoms with van der Waals surface area (Å²) in [4.78, 5) is 12.8. The first-order valence-electron chi connectivity index (χ1n) is 4.17. The highest BCUT2D eigenvalue weighted by atomic mass is 32.1. The van der Waals surface area contributed by atoms with E-state index in [2.05, 4.69) is 5.32 Å². The number of thiophene rings is 1.